The molecule has 0 aliphatic carbocycles. The van der Waals surface area contributed by atoms with Crippen molar-refractivity contribution in [3.05, 3.63) is 59.7 Å². The number of carbonyl (C=O) groups is 1. The number of methoxy groups -OCH3 is 1. The Morgan fingerprint density at radius 3 is 2.42 bits per heavy atom. The first-order valence-electron chi connectivity index (χ1n) is 7.78. The molecule has 0 aliphatic heterocycles. The van der Waals surface area contributed by atoms with Crippen molar-refractivity contribution in [2.75, 3.05) is 12.4 Å². The molecular weight excluding hydrogens is 324 g/mol. The number of halogens is 1. The largest absolute Gasteiger partial charge is 0.496 e. The molecule has 0 saturated carbocycles. The first kappa shape index (κ1) is 20.0. The maximum Gasteiger partial charge on any atom is 0.228 e. The van der Waals surface area contributed by atoms with Gasteiger partial charge in [0.2, 0.25) is 5.91 Å². The molecule has 0 radical (unpaired) electrons. The molecule has 24 heavy (non-hydrogen) atoms. The third-order valence-corrected chi connectivity index (χ3v) is 3.99. The molecule has 0 fully saturated rings. The van der Waals surface area contributed by atoms with E-state index in [4.69, 9.17) is 10.5 Å². The second-order valence-corrected chi connectivity index (χ2v) is 5.83. The number of nitrogens with one attached hydrogen (secondary N) is 1. The van der Waals surface area contributed by atoms with E-state index in [1.54, 1.807) is 7.11 Å². The van der Waals surface area contributed by atoms with Gasteiger partial charge in [0.15, 0.2) is 0 Å². The molecule has 2 aromatic carbocycles. The highest BCUT2D eigenvalue weighted by Crippen LogP contribution is 2.25. The summed E-state index contributed by atoms with van der Waals surface area (Å²) in [6, 6.07) is 15.7. The van der Waals surface area contributed by atoms with E-state index >= 15 is 0 Å². The van der Waals surface area contributed by atoms with Crippen molar-refractivity contribution in [2.24, 2.45) is 11.7 Å². The third kappa shape index (κ3) is 5.25. The second-order valence-electron chi connectivity index (χ2n) is 5.83. The fraction of sp³-hybridized carbons (Fsp3) is 0.316. The van der Waals surface area contributed by atoms with Gasteiger partial charge in [-0.05, 0) is 30.7 Å². The van der Waals surface area contributed by atoms with Crippen LogP contribution in [0.15, 0.2) is 48.5 Å². The third-order valence-electron chi connectivity index (χ3n) is 3.99. The molecule has 5 heteroatoms. The zero-order valence-corrected chi connectivity index (χ0v) is 15.1. The lowest BCUT2D eigenvalue weighted by atomic mass is 10.0. The minimum atomic E-state index is -0.241. The summed E-state index contributed by atoms with van der Waals surface area (Å²) in [6.07, 6.45) is 0.747. The highest BCUT2D eigenvalue weighted by Gasteiger charge is 2.17. The summed E-state index contributed by atoms with van der Waals surface area (Å²) in [5, 5.41) is 2.93. The summed E-state index contributed by atoms with van der Waals surface area (Å²) >= 11 is 0. The van der Waals surface area contributed by atoms with E-state index < -0.39 is 0 Å². The summed E-state index contributed by atoms with van der Waals surface area (Å²) in [6.45, 7) is 3.66. The first-order chi connectivity index (χ1) is 11.0. The summed E-state index contributed by atoms with van der Waals surface area (Å²) in [5.41, 5.74) is 8.77. The molecule has 2 atom stereocenters. The van der Waals surface area contributed by atoms with E-state index in [1.165, 1.54) is 5.56 Å². The quantitative estimate of drug-likeness (QED) is 0.837. The minimum absolute atomic E-state index is 0. The van der Waals surface area contributed by atoms with Crippen LogP contribution >= 0.6 is 12.4 Å². The molecule has 0 heterocycles. The van der Waals surface area contributed by atoms with Crippen LogP contribution in [0.25, 0.3) is 0 Å². The van der Waals surface area contributed by atoms with Crippen molar-refractivity contribution in [3.8, 4) is 5.75 Å². The Kier molecular flexibility index (Phi) is 7.75. The molecule has 3 N–H and O–H groups in total. The second kappa shape index (κ2) is 9.30. The van der Waals surface area contributed by atoms with Crippen molar-refractivity contribution in [2.45, 2.75) is 26.3 Å². The van der Waals surface area contributed by atoms with Gasteiger partial charge in [0.05, 0.1) is 13.0 Å². The van der Waals surface area contributed by atoms with Crippen LogP contribution < -0.4 is 15.8 Å². The van der Waals surface area contributed by atoms with Crippen LogP contribution in [0, 0.1) is 5.92 Å². The summed E-state index contributed by atoms with van der Waals surface area (Å²) < 4.78 is 5.43. The van der Waals surface area contributed by atoms with Gasteiger partial charge in [-0.3, -0.25) is 4.79 Å². The molecule has 2 aromatic rings. The topological polar surface area (TPSA) is 64.3 Å². The van der Waals surface area contributed by atoms with Crippen molar-refractivity contribution in [1.29, 1.82) is 0 Å². The molecule has 130 valence electrons. The van der Waals surface area contributed by atoms with Crippen molar-refractivity contribution >= 4 is 24.0 Å². The highest BCUT2D eigenvalue weighted by atomic mass is 35.5. The number of benzene rings is 2. The van der Waals surface area contributed by atoms with E-state index in [0.29, 0.717) is 0 Å². The Morgan fingerprint density at radius 1 is 1.17 bits per heavy atom. The van der Waals surface area contributed by atoms with Crippen LogP contribution in [0.2, 0.25) is 0 Å². The van der Waals surface area contributed by atoms with Crippen LogP contribution in [0.1, 0.15) is 25.0 Å². The lowest BCUT2D eigenvalue weighted by Gasteiger charge is -2.16. The maximum absolute atomic E-state index is 12.2. The van der Waals surface area contributed by atoms with Crippen LogP contribution in [-0.4, -0.2) is 19.1 Å². The Labute approximate surface area is 149 Å². The van der Waals surface area contributed by atoms with Crippen LogP contribution in [0.3, 0.4) is 0 Å². The molecule has 0 spiro atoms. The maximum atomic E-state index is 12.2. The fourth-order valence-corrected chi connectivity index (χ4v) is 2.31. The predicted octanol–water partition coefficient (Wildman–Crippen LogP) is 3.63. The molecule has 2 unspecified atom stereocenters. The van der Waals surface area contributed by atoms with Gasteiger partial charge in [-0.2, -0.15) is 0 Å². The number of ether oxygens (including phenoxy) is 1. The normalized spacial score (nSPS) is 12.7. The van der Waals surface area contributed by atoms with Crippen molar-refractivity contribution < 1.29 is 9.53 Å². The van der Waals surface area contributed by atoms with Gasteiger partial charge in [-0.15, -0.1) is 12.4 Å². The molecule has 1 amide bonds. The van der Waals surface area contributed by atoms with Gasteiger partial charge < -0.3 is 15.8 Å². The SMILES string of the molecule is COc1ccc(NC(=O)C(C)C(C)N)cc1Cc1ccccc1.Cl. The number of hydrogen-bond acceptors (Lipinski definition) is 3. The van der Waals surface area contributed by atoms with Gasteiger partial charge in [-0.1, -0.05) is 37.3 Å². The van der Waals surface area contributed by atoms with Crippen LogP contribution in [-0.2, 0) is 11.2 Å². The van der Waals surface area contributed by atoms with E-state index in [-0.39, 0.29) is 30.3 Å². The number of rotatable bonds is 6. The van der Waals surface area contributed by atoms with Crippen molar-refractivity contribution in [3.63, 3.8) is 0 Å². The molecular formula is C19H25ClN2O2. The lowest BCUT2D eigenvalue weighted by Crippen LogP contribution is -2.34. The van der Waals surface area contributed by atoms with Crippen LogP contribution in [0.4, 0.5) is 5.69 Å². The summed E-state index contributed by atoms with van der Waals surface area (Å²) in [7, 11) is 1.65. The zero-order chi connectivity index (χ0) is 16.8. The monoisotopic (exact) mass is 348 g/mol. The van der Waals surface area contributed by atoms with Gasteiger partial charge in [-0.25, -0.2) is 0 Å². The van der Waals surface area contributed by atoms with Gasteiger partial charge >= 0.3 is 0 Å². The smallest absolute Gasteiger partial charge is 0.228 e. The lowest BCUT2D eigenvalue weighted by molar-refractivity contribution is -0.119. The van der Waals surface area contributed by atoms with Gasteiger partial charge in [0, 0.05) is 23.7 Å². The Morgan fingerprint density at radius 2 is 1.83 bits per heavy atom. The molecule has 2 rings (SSSR count). The molecule has 0 aliphatic rings. The molecule has 4 nitrogen and oxygen atoms in total. The number of nitrogens with two attached hydrogens (primary N) is 1. The highest BCUT2D eigenvalue weighted by molar-refractivity contribution is 5.92. The van der Waals surface area contributed by atoms with E-state index in [1.807, 2.05) is 50.2 Å². The minimum Gasteiger partial charge on any atom is -0.496 e. The Hall–Kier alpha value is -2.04. The Bertz CT molecular complexity index is 660. The fourth-order valence-electron chi connectivity index (χ4n) is 2.31. The summed E-state index contributed by atoms with van der Waals surface area (Å²) in [4.78, 5) is 12.2. The van der Waals surface area contributed by atoms with E-state index in [2.05, 4.69) is 17.4 Å². The molecule has 0 aromatic heterocycles. The predicted molar refractivity (Wildman–Crippen MR) is 101 cm³/mol. The average molecular weight is 349 g/mol. The zero-order valence-electron chi connectivity index (χ0n) is 14.3. The summed E-state index contributed by atoms with van der Waals surface area (Å²) in [5.74, 6) is 0.498. The van der Waals surface area contributed by atoms with Crippen molar-refractivity contribution in [1.82, 2.24) is 0 Å². The molecule has 0 bridgehead atoms. The number of carbonyl (C=O) groups excluding carboxylic acids is 1. The van der Waals surface area contributed by atoms with E-state index in [9.17, 15) is 4.79 Å². The standard InChI is InChI=1S/C19H24N2O2.ClH/c1-13(14(2)20)19(22)21-17-9-10-18(23-3)16(12-17)11-15-7-5-4-6-8-15;/h4-10,12-14H,11,20H2,1-3H3,(H,21,22);1H. The number of amides is 1. The average Bonchev–Trinajstić information content (AvgIpc) is 2.55. The van der Waals surface area contributed by atoms with Gasteiger partial charge in [0.25, 0.3) is 0 Å². The molecule has 0 saturated heterocycles. The first-order valence-corrected chi connectivity index (χ1v) is 7.78. The Balaban J connectivity index is 0.00000288. The van der Waals surface area contributed by atoms with Gasteiger partial charge in [0.1, 0.15) is 5.75 Å². The van der Waals surface area contributed by atoms with Crippen LogP contribution in [0.5, 0.6) is 5.75 Å². The number of hydrogen-bond donors (Lipinski definition) is 2. The number of anilines is 1. The van der Waals surface area contributed by atoms with E-state index in [0.717, 1.165) is 23.4 Å².